The van der Waals surface area contributed by atoms with Gasteiger partial charge in [0.1, 0.15) is 5.52 Å². The molecule has 0 bridgehead atoms. The van der Waals surface area contributed by atoms with Gasteiger partial charge in [0, 0.05) is 24.2 Å². The summed E-state index contributed by atoms with van der Waals surface area (Å²) in [5.74, 6) is 0.630. The monoisotopic (exact) mass is 392 g/mol. The molecular formula is C19H16N6O4. The minimum atomic E-state index is -0.507. The van der Waals surface area contributed by atoms with E-state index in [0.29, 0.717) is 41.4 Å². The zero-order valence-electron chi connectivity index (χ0n) is 15.5. The van der Waals surface area contributed by atoms with Crippen LogP contribution < -0.4 is 20.5 Å². The second kappa shape index (κ2) is 6.59. The van der Waals surface area contributed by atoms with Crippen LogP contribution >= 0.6 is 0 Å². The van der Waals surface area contributed by atoms with Gasteiger partial charge in [-0.05, 0) is 31.2 Å². The third-order valence-electron chi connectivity index (χ3n) is 4.57. The Bertz CT molecular complexity index is 1330. The van der Waals surface area contributed by atoms with Crippen LogP contribution in [0.1, 0.15) is 22.5 Å². The second-order valence-corrected chi connectivity index (χ2v) is 6.63. The van der Waals surface area contributed by atoms with E-state index in [1.54, 1.807) is 34.8 Å². The Morgan fingerprint density at radius 3 is 2.79 bits per heavy atom. The highest BCUT2D eigenvalue weighted by atomic mass is 16.5. The number of rotatable bonds is 2. The first-order valence-electron chi connectivity index (χ1n) is 9.05. The Morgan fingerprint density at radius 2 is 1.93 bits per heavy atom. The predicted molar refractivity (Wildman–Crippen MR) is 103 cm³/mol. The quantitative estimate of drug-likeness (QED) is 0.547. The minimum absolute atomic E-state index is 0.0991. The Balaban J connectivity index is 1.49. The fraction of sp³-hybridized carbons (Fsp3) is 0.211. The maximum atomic E-state index is 12.8. The van der Waals surface area contributed by atoms with Gasteiger partial charge in [-0.15, -0.1) is 10.2 Å². The summed E-state index contributed by atoms with van der Waals surface area (Å²) in [5.41, 5.74) is 4.31. The molecule has 1 amide bonds. The third kappa shape index (κ3) is 2.94. The summed E-state index contributed by atoms with van der Waals surface area (Å²) in [7, 11) is 0. The van der Waals surface area contributed by atoms with Crippen molar-refractivity contribution in [1.82, 2.24) is 24.5 Å². The summed E-state index contributed by atoms with van der Waals surface area (Å²) in [6, 6.07) is 8.31. The van der Waals surface area contributed by atoms with Crippen molar-refractivity contribution in [3.8, 4) is 11.5 Å². The molecule has 0 fully saturated rings. The highest BCUT2D eigenvalue weighted by Gasteiger charge is 2.16. The number of pyridine rings is 1. The molecule has 1 N–H and O–H groups in total. The summed E-state index contributed by atoms with van der Waals surface area (Å²) in [5, 5.41) is 12.3. The number of fused-ring (bicyclic) bond motifs is 4. The van der Waals surface area contributed by atoms with Crippen molar-refractivity contribution in [2.24, 2.45) is 0 Å². The van der Waals surface area contributed by atoms with Gasteiger partial charge in [0.2, 0.25) is 0 Å². The Hall–Kier alpha value is -3.95. The standard InChI is InChI=1S/C19H16N6O4/c1-11-9-16-20-21-17-13(25(16)22-11)5-6-24(19(17)27)23-18(26)12-3-4-14-15(10-12)29-8-2-7-28-14/h3-6,9-10H,2,7-8H2,1H3,(H,23,26). The Labute approximate surface area is 163 Å². The first-order chi connectivity index (χ1) is 14.1. The van der Waals surface area contributed by atoms with E-state index in [1.807, 2.05) is 6.92 Å². The van der Waals surface area contributed by atoms with Gasteiger partial charge >= 0.3 is 0 Å². The van der Waals surface area contributed by atoms with Crippen molar-refractivity contribution < 1.29 is 14.3 Å². The van der Waals surface area contributed by atoms with Gasteiger partial charge in [0.15, 0.2) is 22.7 Å². The molecule has 10 heteroatoms. The van der Waals surface area contributed by atoms with Gasteiger partial charge in [0.05, 0.1) is 18.9 Å². The molecule has 4 heterocycles. The molecule has 4 aromatic rings. The fourth-order valence-corrected chi connectivity index (χ4v) is 3.18. The summed E-state index contributed by atoms with van der Waals surface area (Å²) in [4.78, 5) is 25.5. The van der Waals surface area contributed by atoms with E-state index in [-0.39, 0.29) is 5.52 Å². The average Bonchev–Trinajstić information content (AvgIpc) is 2.95. The van der Waals surface area contributed by atoms with Gasteiger partial charge in [0.25, 0.3) is 11.5 Å². The molecule has 0 aliphatic carbocycles. The van der Waals surface area contributed by atoms with Crippen LogP contribution in [-0.2, 0) is 0 Å². The van der Waals surface area contributed by atoms with Crippen LogP contribution in [0.2, 0.25) is 0 Å². The lowest BCUT2D eigenvalue weighted by Crippen LogP contribution is -2.33. The van der Waals surface area contributed by atoms with Crippen molar-refractivity contribution in [2.45, 2.75) is 13.3 Å². The molecule has 0 spiro atoms. The normalized spacial score (nSPS) is 13.4. The van der Waals surface area contributed by atoms with E-state index >= 15 is 0 Å². The predicted octanol–water partition coefficient (Wildman–Crippen LogP) is 1.29. The van der Waals surface area contributed by atoms with Crippen LogP contribution in [0, 0.1) is 6.92 Å². The largest absolute Gasteiger partial charge is 0.490 e. The lowest BCUT2D eigenvalue weighted by atomic mass is 10.2. The van der Waals surface area contributed by atoms with E-state index in [0.717, 1.165) is 16.8 Å². The number of hydrogen-bond donors (Lipinski definition) is 1. The van der Waals surface area contributed by atoms with Crippen molar-refractivity contribution in [3.63, 3.8) is 0 Å². The SMILES string of the molecule is Cc1cc2nnc3c(=O)n(NC(=O)c4ccc5c(c4)OCCCO5)ccc3n2n1. The Kier molecular flexibility index (Phi) is 3.90. The molecule has 0 saturated carbocycles. The van der Waals surface area contributed by atoms with Crippen LogP contribution in [0.25, 0.3) is 16.7 Å². The van der Waals surface area contributed by atoms with E-state index in [4.69, 9.17) is 9.47 Å². The van der Waals surface area contributed by atoms with Crippen molar-refractivity contribution >= 4 is 22.6 Å². The van der Waals surface area contributed by atoms with Gasteiger partial charge < -0.3 is 9.47 Å². The molecule has 1 aliphatic rings. The Morgan fingerprint density at radius 1 is 1.10 bits per heavy atom. The molecule has 29 heavy (non-hydrogen) atoms. The molecule has 146 valence electrons. The number of hydrogen-bond acceptors (Lipinski definition) is 7. The molecule has 5 rings (SSSR count). The summed E-state index contributed by atoms with van der Waals surface area (Å²) < 4.78 is 13.8. The van der Waals surface area contributed by atoms with Gasteiger partial charge in [-0.1, -0.05) is 0 Å². The summed E-state index contributed by atoms with van der Waals surface area (Å²) >= 11 is 0. The number of carbonyl (C=O) groups is 1. The third-order valence-corrected chi connectivity index (χ3v) is 4.57. The van der Waals surface area contributed by atoms with Crippen LogP contribution in [0.15, 0.2) is 41.3 Å². The van der Waals surface area contributed by atoms with E-state index in [1.165, 1.54) is 6.20 Å². The molecule has 0 atom stereocenters. The molecule has 0 unspecified atom stereocenters. The molecule has 0 saturated heterocycles. The van der Waals surface area contributed by atoms with Crippen molar-refractivity contribution in [1.29, 1.82) is 0 Å². The van der Waals surface area contributed by atoms with Gasteiger partial charge in [-0.25, -0.2) is 9.19 Å². The molecule has 0 radical (unpaired) electrons. The first-order valence-corrected chi connectivity index (χ1v) is 9.05. The van der Waals surface area contributed by atoms with E-state index in [2.05, 4.69) is 20.7 Å². The molecule has 10 nitrogen and oxygen atoms in total. The lowest BCUT2D eigenvalue weighted by Gasteiger charge is -2.11. The van der Waals surface area contributed by atoms with Gasteiger partial charge in [-0.3, -0.25) is 15.0 Å². The van der Waals surface area contributed by atoms with Crippen molar-refractivity contribution in [2.75, 3.05) is 18.6 Å². The van der Waals surface area contributed by atoms with Crippen LogP contribution in [0.4, 0.5) is 0 Å². The highest BCUT2D eigenvalue weighted by Crippen LogP contribution is 2.30. The number of amides is 1. The van der Waals surface area contributed by atoms with E-state index in [9.17, 15) is 9.59 Å². The van der Waals surface area contributed by atoms with Crippen LogP contribution in [-0.4, -0.2) is 43.6 Å². The molecular weight excluding hydrogens is 376 g/mol. The number of aryl methyl sites for hydroxylation is 1. The number of benzene rings is 1. The second-order valence-electron chi connectivity index (χ2n) is 6.63. The number of nitrogens with zero attached hydrogens (tertiary/aromatic N) is 5. The molecule has 1 aromatic carbocycles. The highest BCUT2D eigenvalue weighted by molar-refractivity contribution is 6.00. The molecule has 1 aliphatic heterocycles. The number of ether oxygens (including phenoxy) is 2. The zero-order valence-corrected chi connectivity index (χ0v) is 15.5. The zero-order chi connectivity index (χ0) is 20.0. The van der Waals surface area contributed by atoms with Gasteiger partial charge in [-0.2, -0.15) is 5.10 Å². The first kappa shape index (κ1) is 17.2. The van der Waals surface area contributed by atoms with Crippen LogP contribution in [0.3, 0.4) is 0 Å². The maximum absolute atomic E-state index is 12.8. The fourth-order valence-electron chi connectivity index (χ4n) is 3.18. The smallest absolute Gasteiger partial charge is 0.299 e. The van der Waals surface area contributed by atoms with E-state index < -0.39 is 11.5 Å². The average molecular weight is 392 g/mol. The van der Waals surface area contributed by atoms with Crippen LogP contribution in [0.5, 0.6) is 11.5 Å². The number of carbonyl (C=O) groups excluding carboxylic acids is 1. The maximum Gasteiger partial charge on any atom is 0.299 e. The number of aromatic nitrogens is 5. The minimum Gasteiger partial charge on any atom is -0.490 e. The summed E-state index contributed by atoms with van der Waals surface area (Å²) in [6.07, 6.45) is 2.23. The lowest BCUT2D eigenvalue weighted by molar-refractivity contribution is 0.101. The topological polar surface area (TPSA) is 113 Å². The summed E-state index contributed by atoms with van der Waals surface area (Å²) in [6.45, 7) is 2.91. The number of nitrogens with one attached hydrogen (secondary N) is 1. The molecule has 3 aromatic heterocycles. The van der Waals surface area contributed by atoms with Crippen molar-refractivity contribution in [3.05, 3.63) is 58.1 Å².